The number of likely N-dealkylation sites (tertiary alicyclic amines) is 1. The van der Waals surface area contributed by atoms with E-state index in [9.17, 15) is 4.39 Å². The van der Waals surface area contributed by atoms with Gasteiger partial charge in [-0.25, -0.2) is 4.39 Å². The van der Waals surface area contributed by atoms with Crippen LogP contribution in [0.25, 0.3) is 0 Å². The van der Waals surface area contributed by atoms with Gasteiger partial charge < -0.3 is 20.8 Å². The number of nitrogens with two attached hydrogens (primary N) is 1. The number of aliphatic hydroxyl groups excluding tert-OH is 1. The molecule has 0 atom stereocenters. The zero-order valence-corrected chi connectivity index (χ0v) is 12.7. The molecule has 0 aromatic rings. The SMILES string of the molecule is C=C/C=C\C(F)=C(/C)CN.CN1CCCCC1.OCO. The Balaban J connectivity index is 0. The normalized spacial score (nSPS) is 16.5. The van der Waals surface area contributed by atoms with E-state index in [1.165, 1.54) is 50.6 Å². The van der Waals surface area contributed by atoms with Crippen molar-refractivity contribution in [3.63, 3.8) is 0 Å². The van der Waals surface area contributed by atoms with Gasteiger partial charge in [-0.05, 0) is 51.6 Å². The minimum Gasteiger partial charge on any atom is -0.371 e. The molecule has 0 aliphatic carbocycles. The van der Waals surface area contributed by atoms with Crippen LogP contribution < -0.4 is 5.73 Å². The fourth-order valence-electron chi connectivity index (χ4n) is 1.44. The second kappa shape index (κ2) is 16.0. The highest BCUT2D eigenvalue weighted by Crippen LogP contribution is 2.05. The van der Waals surface area contributed by atoms with Gasteiger partial charge in [-0.2, -0.15) is 0 Å². The van der Waals surface area contributed by atoms with Crippen LogP contribution in [-0.2, 0) is 0 Å². The van der Waals surface area contributed by atoms with Gasteiger partial charge in [0.15, 0.2) is 0 Å². The monoisotopic (exact) mass is 288 g/mol. The van der Waals surface area contributed by atoms with Gasteiger partial charge in [-0.1, -0.05) is 25.2 Å². The lowest BCUT2D eigenvalue weighted by Gasteiger charge is -2.20. The average molecular weight is 288 g/mol. The molecule has 0 amide bonds. The Bertz CT molecular complexity index is 286. The maximum atomic E-state index is 12.6. The molecule has 1 saturated heterocycles. The first-order valence-electron chi connectivity index (χ1n) is 6.78. The first-order valence-corrected chi connectivity index (χ1v) is 6.78. The molecule has 20 heavy (non-hydrogen) atoms. The zero-order valence-electron chi connectivity index (χ0n) is 12.7. The number of aliphatic hydroxyl groups is 2. The van der Waals surface area contributed by atoms with E-state index >= 15 is 0 Å². The molecule has 1 aliphatic rings. The van der Waals surface area contributed by atoms with Gasteiger partial charge in [-0.15, -0.1) is 0 Å². The van der Waals surface area contributed by atoms with Gasteiger partial charge in [0.1, 0.15) is 12.6 Å². The molecule has 1 rings (SSSR count). The molecule has 1 fully saturated rings. The van der Waals surface area contributed by atoms with Crippen LogP contribution in [0.15, 0.2) is 36.2 Å². The van der Waals surface area contributed by atoms with Crippen molar-refractivity contribution in [3.8, 4) is 0 Å². The first kappa shape index (κ1) is 21.3. The number of hydrogen-bond donors (Lipinski definition) is 3. The number of allylic oxidation sites excluding steroid dienone is 4. The molecule has 0 aromatic carbocycles. The summed E-state index contributed by atoms with van der Waals surface area (Å²) >= 11 is 0. The highest BCUT2D eigenvalue weighted by molar-refractivity contribution is 5.21. The molecule has 1 aliphatic heterocycles. The number of halogens is 1. The van der Waals surface area contributed by atoms with Gasteiger partial charge >= 0.3 is 0 Å². The van der Waals surface area contributed by atoms with Crippen molar-refractivity contribution in [2.45, 2.75) is 26.2 Å². The van der Waals surface area contributed by atoms with Crippen molar-refractivity contribution in [3.05, 3.63) is 36.2 Å². The molecule has 0 spiro atoms. The van der Waals surface area contributed by atoms with E-state index in [1.807, 2.05) is 0 Å². The molecule has 1 heterocycles. The molecule has 118 valence electrons. The van der Waals surface area contributed by atoms with Crippen LogP contribution in [0.3, 0.4) is 0 Å². The van der Waals surface area contributed by atoms with Crippen LogP contribution >= 0.6 is 0 Å². The molecule has 4 nitrogen and oxygen atoms in total. The summed E-state index contributed by atoms with van der Waals surface area (Å²) in [6.45, 7) is 7.21. The Hall–Kier alpha value is -1.01. The second-order valence-corrected chi connectivity index (χ2v) is 4.43. The van der Waals surface area contributed by atoms with E-state index in [-0.39, 0.29) is 12.4 Å². The van der Waals surface area contributed by atoms with Crippen LogP contribution in [0, 0.1) is 0 Å². The van der Waals surface area contributed by atoms with E-state index in [0.29, 0.717) is 5.57 Å². The summed E-state index contributed by atoms with van der Waals surface area (Å²) < 4.78 is 12.6. The molecular formula is C15H29FN2O2. The minimum absolute atomic E-state index is 0.257. The summed E-state index contributed by atoms with van der Waals surface area (Å²) in [6, 6.07) is 0. The quantitative estimate of drug-likeness (QED) is 0.548. The lowest BCUT2D eigenvalue weighted by Crippen LogP contribution is -2.24. The van der Waals surface area contributed by atoms with Gasteiger partial charge in [0.25, 0.3) is 0 Å². The van der Waals surface area contributed by atoms with Gasteiger partial charge in [0.2, 0.25) is 0 Å². The Morgan fingerprint density at radius 3 is 2.10 bits per heavy atom. The zero-order chi connectivity index (χ0) is 15.8. The number of piperidine rings is 1. The molecule has 0 bridgehead atoms. The van der Waals surface area contributed by atoms with Gasteiger partial charge in [-0.3, -0.25) is 0 Å². The molecule has 0 unspecified atom stereocenters. The van der Waals surface area contributed by atoms with Crippen molar-refractivity contribution >= 4 is 0 Å². The van der Waals surface area contributed by atoms with Gasteiger partial charge in [0, 0.05) is 6.54 Å². The first-order chi connectivity index (χ1) is 9.53. The third-order valence-electron chi connectivity index (χ3n) is 2.67. The van der Waals surface area contributed by atoms with Crippen LogP contribution in [0.4, 0.5) is 4.39 Å². The summed E-state index contributed by atoms with van der Waals surface area (Å²) in [7, 11) is 2.19. The summed E-state index contributed by atoms with van der Waals surface area (Å²) in [4.78, 5) is 2.39. The fourth-order valence-corrected chi connectivity index (χ4v) is 1.44. The third kappa shape index (κ3) is 15.0. The van der Waals surface area contributed by atoms with E-state index in [0.717, 1.165) is 0 Å². The Kier molecular flexibility index (Phi) is 17.1. The highest BCUT2D eigenvalue weighted by atomic mass is 19.1. The predicted octanol–water partition coefficient (Wildman–Crippen LogP) is 1.96. The van der Waals surface area contributed by atoms with Crippen LogP contribution in [0.1, 0.15) is 26.2 Å². The Morgan fingerprint density at radius 2 is 1.80 bits per heavy atom. The van der Waals surface area contributed by atoms with E-state index in [4.69, 9.17) is 15.9 Å². The van der Waals surface area contributed by atoms with Crippen molar-refractivity contribution < 1.29 is 14.6 Å². The van der Waals surface area contributed by atoms with Crippen LogP contribution in [0.2, 0.25) is 0 Å². The molecule has 0 aromatic heterocycles. The minimum atomic E-state index is -0.750. The van der Waals surface area contributed by atoms with Gasteiger partial charge in [0.05, 0.1) is 0 Å². The van der Waals surface area contributed by atoms with Crippen molar-refractivity contribution in [1.29, 1.82) is 0 Å². The van der Waals surface area contributed by atoms with Crippen molar-refractivity contribution in [2.75, 3.05) is 33.5 Å². The Labute approximate surface area is 122 Å². The van der Waals surface area contributed by atoms with E-state index in [2.05, 4.69) is 18.5 Å². The fraction of sp³-hybridized carbons (Fsp3) is 0.600. The van der Waals surface area contributed by atoms with Crippen molar-refractivity contribution in [2.24, 2.45) is 5.73 Å². The Morgan fingerprint density at radius 1 is 1.30 bits per heavy atom. The van der Waals surface area contributed by atoms with Crippen molar-refractivity contribution in [1.82, 2.24) is 4.90 Å². The molecule has 0 radical (unpaired) electrons. The second-order valence-electron chi connectivity index (χ2n) is 4.43. The predicted molar refractivity (Wildman–Crippen MR) is 82.9 cm³/mol. The van der Waals surface area contributed by atoms with Crippen LogP contribution in [-0.4, -0.2) is 48.6 Å². The lowest BCUT2D eigenvalue weighted by molar-refractivity contribution is 0.0773. The maximum absolute atomic E-state index is 12.6. The number of nitrogens with zero attached hydrogens (tertiary/aromatic N) is 1. The highest BCUT2D eigenvalue weighted by Gasteiger charge is 2.02. The molecule has 0 saturated carbocycles. The summed E-state index contributed by atoms with van der Waals surface area (Å²) in [6.07, 6.45) is 8.67. The van der Waals surface area contributed by atoms with E-state index < -0.39 is 6.79 Å². The standard InChI is InChI=1S/C8H12FN.C6H13N.CH4O2/c1-3-4-5-8(9)7(2)6-10;1-7-5-3-2-4-6-7;2-1-3/h3-5H,1,6,10H2,2H3;2-6H2,1H3;2-3H,1H2/b5-4-,8-7-;;. The summed E-state index contributed by atoms with van der Waals surface area (Å²) in [5.41, 5.74) is 5.74. The molecular weight excluding hydrogens is 259 g/mol. The van der Waals surface area contributed by atoms with E-state index in [1.54, 1.807) is 6.92 Å². The summed E-state index contributed by atoms with van der Waals surface area (Å²) in [5, 5.41) is 14.2. The maximum Gasteiger partial charge on any atom is 0.140 e. The third-order valence-corrected chi connectivity index (χ3v) is 2.67. The van der Waals surface area contributed by atoms with Crippen LogP contribution in [0.5, 0.6) is 0 Å². The average Bonchev–Trinajstić information content (AvgIpc) is 2.46. The number of hydrogen-bond acceptors (Lipinski definition) is 4. The number of rotatable bonds is 3. The smallest absolute Gasteiger partial charge is 0.140 e. The topological polar surface area (TPSA) is 69.7 Å². The largest absolute Gasteiger partial charge is 0.371 e. The summed E-state index contributed by atoms with van der Waals surface area (Å²) in [5.74, 6) is -0.276. The lowest BCUT2D eigenvalue weighted by atomic mass is 10.1. The molecule has 5 heteroatoms. The molecule has 4 N–H and O–H groups in total.